The maximum Gasteiger partial charge on any atom is 0.305 e. The van der Waals surface area contributed by atoms with E-state index in [4.69, 9.17) is 0 Å². The van der Waals surface area contributed by atoms with Crippen LogP contribution in [0, 0.1) is 15.9 Å². The highest BCUT2D eigenvalue weighted by Crippen LogP contribution is 2.30. The largest absolute Gasteiger partial charge is 0.388 e. The Morgan fingerprint density at radius 1 is 1.48 bits per heavy atom. The van der Waals surface area contributed by atoms with Gasteiger partial charge in [-0.05, 0) is 25.0 Å². The summed E-state index contributed by atoms with van der Waals surface area (Å²) in [7, 11) is 1.52. The number of nitrogens with zero attached hydrogens (tertiary/aromatic N) is 2. The van der Waals surface area contributed by atoms with Gasteiger partial charge >= 0.3 is 5.69 Å². The number of benzene rings is 1. The molecule has 1 aliphatic carbocycles. The number of nitro benzene ring substituents is 1. The first-order chi connectivity index (χ1) is 9.82. The maximum atomic E-state index is 13.3. The summed E-state index contributed by atoms with van der Waals surface area (Å²) in [5.41, 5.74) is -1.59. The van der Waals surface area contributed by atoms with Gasteiger partial charge in [-0.2, -0.15) is 4.39 Å². The van der Waals surface area contributed by atoms with Gasteiger partial charge in [0.25, 0.3) is 5.91 Å². The summed E-state index contributed by atoms with van der Waals surface area (Å²) in [4.78, 5) is 23.4. The number of amides is 1. The Morgan fingerprint density at radius 2 is 2.10 bits per heavy atom. The highest BCUT2D eigenvalue weighted by Gasteiger charge is 2.33. The van der Waals surface area contributed by atoms with Gasteiger partial charge in [0, 0.05) is 25.2 Å². The number of halogens is 1. The number of rotatable bonds is 4. The van der Waals surface area contributed by atoms with E-state index in [1.807, 2.05) is 0 Å². The Bertz CT molecular complexity index is 570. The molecule has 21 heavy (non-hydrogen) atoms. The number of nitro groups is 1. The standard InChI is InChI=1S/C14H17FN2O4/c1-16(9-14(19)6-2-3-7-14)13(18)10-4-5-11(15)12(8-10)17(20)21/h4-5,8,19H,2-3,6-7,9H2,1H3. The molecule has 1 aliphatic rings. The molecule has 1 fully saturated rings. The molecule has 0 heterocycles. The molecule has 6 nitrogen and oxygen atoms in total. The zero-order valence-electron chi connectivity index (χ0n) is 11.7. The fraction of sp³-hybridized carbons (Fsp3) is 0.500. The van der Waals surface area contributed by atoms with Gasteiger partial charge in [0.15, 0.2) is 0 Å². The van der Waals surface area contributed by atoms with Crippen molar-refractivity contribution in [1.82, 2.24) is 4.90 Å². The average molecular weight is 296 g/mol. The highest BCUT2D eigenvalue weighted by atomic mass is 19.1. The Kier molecular flexibility index (Phi) is 4.22. The van der Waals surface area contributed by atoms with Crippen LogP contribution >= 0.6 is 0 Å². The molecule has 0 aromatic heterocycles. The Balaban J connectivity index is 2.15. The lowest BCUT2D eigenvalue weighted by Gasteiger charge is -2.28. The second kappa shape index (κ2) is 5.77. The van der Waals surface area contributed by atoms with Crippen molar-refractivity contribution < 1.29 is 19.2 Å². The SMILES string of the molecule is CN(CC1(O)CCCC1)C(=O)c1ccc(F)c([N+](=O)[O-])c1. The van der Waals surface area contributed by atoms with Gasteiger partial charge < -0.3 is 10.0 Å². The average Bonchev–Trinajstić information content (AvgIpc) is 2.84. The Labute approximate surface area is 121 Å². The van der Waals surface area contributed by atoms with E-state index in [0.29, 0.717) is 12.8 Å². The molecule has 2 rings (SSSR count). The van der Waals surface area contributed by atoms with Gasteiger partial charge in [-0.25, -0.2) is 0 Å². The fourth-order valence-electron chi connectivity index (χ4n) is 2.71. The topological polar surface area (TPSA) is 83.7 Å². The molecule has 0 unspecified atom stereocenters. The third kappa shape index (κ3) is 3.36. The monoisotopic (exact) mass is 296 g/mol. The van der Waals surface area contributed by atoms with E-state index >= 15 is 0 Å². The van der Waals surface area contributed by atoms with Crippen molar-refractivity contribution in [1.29, 1.82) is 0 Å². The van der Waals surface area contributed by atoms with E-state index in [1.54, 1.807) is 0 Å². The summed E-state index contributed by atoms with van der Waals surface area (Å²) in [5, 5.41) is 21.0. The smallest absolute Gasteiger partial charge is 0.305 e. The third-order valence-corrected chi connectivity index (χ3v) is 3.80. The minimum absolute atomic E-state index is 0.0344. The van der Waals surface area contributed by atoms with Crippen LogP contribution in [-0.2, 0) is 0 Å². The minimum Gasteiger partial charge on any atom is -0.388 e. The lowest BCUT2D eigenvalue weighted by molar-refractivity contribution is -0.387. The van der Waals surface area contributed by atoms with Crippen molar-refractivity contribution in [2.45, 2.75) is 31.3 Å². The molecule has 1 aromatic rings. The van der Waals surface area contributed by atoms with Gasteiger partial charge in [0.05, 0.1) is 10.5 Å². The minimum atomic E-state index is -0.978. The van der Waals surface area contributed by atoms with E-state index < -0.39 is 27.9 Å². The quantitative estimate of drug-likeness (QED) is 0.681. The van der Waals surface area contributed by atoms with Crippen LogP contribution in [0.25, 0.3) is 0 Å². The molecule has 0 bridgehead atoms. The number of aliphatic hydroxyl groups is 1. The fourth-order valence-corrected chi connectivity index (χ4v) is 2.71. The molecule has 1 amide bonds. The van der Waals surface area contributed by atoms with E-state index in [9.17, 15) is 24.4 Å². The summed E-state index contributed by atoms with van der Waals surface area (Å²) in [5.74, 6) is -1.45. The van der Waals surface area contributed by atoms with Crippen LogP contribution in [0.5, 0.6) is 0 Å². The normalized spacial score (nSPS) is 16.7. The number of carbonyl (C=O) groups is 1. The zero-order valence-corrected chi connectivity index (χ0v) is 11.7. The summed E-state index contributed by atoms with van der Waals surface area (Å²) in [6.45, 7) is 0.164. The van der Waals surface area contributed by atoms with Crippen LogP contribution in [0.2, 0.25) is 0 Å². The van der Waals surface area contributed by atoms with Crippen LogP contribution in [0.3, 0.4) is 0 Å². The molecule has 114 valence electrons. The molecule has 0 atom stereocenters. The van der Waals surface area contributed by atoms with E-state index in [1.165, 1.54) is 18.0 Å². The van der Waals surface area contributed by atoms with Crippen LogP contribution in [0.4, 0.5) is 10.1 Å². The molecule has 0 radical (unpaired) electrons. The highest BCUT2D eigenvalue weighted by molar-refractivity contribution is 5.94. The van der Waals surface area contributed by atoms with E-state index in [-0.39, 0.29) is 12.1 Å². The van der Waals surface area contributed by atoms with Gasteiger partial charge in [-0.1, -0.05) is 12.8 Å². The summed E-state index contributed by atoms with van der Waals surface area (Å²) >= 11 is 0. The summed E-state index contributed by atoms with van der Waals surface area (Å²) < 4.78 is 13.3. The first kappa shape index (κ1) is 15.4. The number of hydrogen-bond acceptors (Lipinski definition) is 4. The van der Waals surface area contributed by atoms with Gasteiger partial charge in [0.1, 0.15) is 0 Å². The molecule has 1 saturated carbocycles. The van der Waals surface area contributed by atoms with E-state index in [0.717, 1.165) is 25.0 Å². The summed E-state index contributed by atoms with van der Waals surface area (Å²) in [6.07, 6.45) is 3.10. The Morgan fingerprint density at radius 3 is 2.67 bits per heavy atom. The molecule has 1 N–H and O–H groups in total. The molecular weight excluding hydrogens is 279 g/mol. The number of carbonyl (C=O) groups excluding carboxylic acids is 1. The van der Waals surface area contributed by atoms with Crippen LogP contribution < -0.4 is 0 Å². The first-order valence-corrected chi connectivity index (χ1v) is 6.74. The number of hydrogen-bond donors (Lipinski definition) is 1. The zero-order chi connectivity index (χ0) is 15.6. The lowest BCUT2D eigenvalue weighted by Crippen LogP contribution is -2.42. The van der Waals surface area contributed by atoms with Crippen molar-refractivity contribution in [2.75, 3.05) is 13.6 Å². The van der Waals surface area contributed by atoms with Crippen molar-refractivity contribution in [2.24, 2.45) is 0 Å². The second-order valence-corrected chi connectivity index (χ2v) is 5.52. The number of likely N-dealkylation sites (N-methyl/N-ethyl adjacent to an activating group) is 1. The Hall–Kier alpha value is -2.02. The predicted molar refractivity (Wildman–Crippen MR) is 73.4 cm³/mol. The van der Waals surface area contributed by atoms with Crippen molar-refractivity contribution >= 4 is 11.6 Å². The van der Waals surface area contributed by atoms with Crippen molar-refractivity contribution in [3.8, 4) is 0 Å². The maximum absolute atomic E-state index is 13.3. The van der Waals surface area contributed by atoms with Crippen molar-refractivity contribution in [3.63, 3.8) is 0 Å². The lowest BCUT2D eigenvalue weighted by atomic mass is 10.0. The molecule has 0 saturated heterocycles. The van der Waals surface area contributed by atoms with Crippen molar-refractivity contribution in [3.05, 3.63) is 39.7 Å². The molecule has 0 spiro atoms. The third-order valence-electron chi connectivity index (χ3n) is 3.80. The van der Waals surface area contributed by atoms with Gasteiger partial charge in [0.2, 0.25) is 5.82 Å². The van der Waals surface area contributed by atoms with Gasteiger partial charge in [-0.15, -0.1) is 0 Å². The molecule has 1 aromatic carbocycles. The second-order valence-electron chi connectivity index (χ2n) is 5.52. The summed E-state index contributed by atoms with van der Waals surface area (Å²) in [6, 6.07) is 3.04. The van der Waals surface area contributed by atoms with Crippen LogP contribution in [-0.4, -0.2) is 40.0 Å². The molecule has 0 aliphatic heterocycles. The van der Waals surface area contributed by atoms with Crippen LogP contribution in [0.1, 0.15) is 36.0 Å². The molecule has 7 heteroatoms. The predicted octanol–water partition coefficient (Wildman–Crippen LogP) is 2.11. The molecular formula is C14H17FN2O4. The van der Waals surface area contributed by atoms with Crippen LogP contribution in [0.15, 0.2) is 18.2 Å². The van der Waals surface area contributed by atoms with E-state index in [2.05, 4.69) is 0 Å². The first-order valence-electron chi connectivity index (χ1n) is 6.74. The van der Waals surface area contributed by atoms with Gasteiger partial charge in [-0.3, -0.25) is 14.9 Å².